The van der Waals surface area contributed by atoms with Crippen LogP contribution < -0.4 is 5.73 Å². The molecule has 2 unspecified atom stereocenters. The van der Waals surface area contributed by atoms with E-state index in [1.54, 1.807) is 0 Å². The Bertz CT molecular complexity index is 201. The largest absolute Gasteiger partial charge is 0.330 e. The Balaban J connectivity index is 1.64. The Hall–Kier alpha value is -0.120. The Kier molecular flexibility index (Phi) is 4.62. The predicted octanol–water partition coefficient (Wildman–Crippen LogP) is 0.999. The van der Waals surface area contributed by atoms with E-state index in [1.807, 2.05) is 0 Å². The van der Waals surface area contributed by atoms with Crippen molar-refractivity contribution in [2.75, 3.05) is 45.8 Å². The lowest BCUT2D eigenvalue weighted by Crippen LogP contribution is -2.34. The quantitative estimate of drug-likeness (QED) is 0.757. The van der Waals surface area contributed by atoms with Crippen molar-refractivity contribution in [3.63, 3.8) is 0 Å². The first-order chi connectivity index (χ1) is 7.78. The number of nitrogens with two attached hydrogens (primary N) is 1. The predicted molar refractivity (Wildman–Crippen MR) is 68.4 cm³/mol. The maximum Gasteiger partial charge on any atom is 0.00223 e. The summed E-state index contributed by atoms with van der Waals surface area (Å²) in [6, 6.07) is 0. The van der Waals surface area contributed by atoms with E-state index in [0.29, 0.717) is 0 Å². The zero-order valence-electron chi connectivity index (χ0n) is 10.7. The van der Waals surface area contributed by atoms with Crippen LogP contribution in [-0.4, -0.2) is 55.6 Å². The highest BCUT2D eigenvalue weighted by molar-refractivity contribution is 4.78. The van der Waals surface area contributed by atoms with Gasteiger partial charge in [-0.1, -0.05) is 6.92 Å². The first-order valence-electron chi connectivity index (χ1n) is 6.92. The van der Waals surface area contributed by atoms with Crippen LogP contribution in [0.3, 0.4) is 0 Å². The highest BCUT2D eigenvalue weighted by Gasteiger charge is 2.23. The average Bonchev–Trinajstić information content (AvgIpc) is 2.89. The number of nitrogens with zero attached hydrogens (tertiary/aromatic N) is 2. The molecular formula is C13H27N3. The fourth-order valence-electron chi connectivity index (χ4n) is 3.18. The van der Waals surface area contributed by atoms with Gasteiger partial charge in [-0.25, -0.2) is 0 Å². The van der Waals surface area contributed by atoms with Gasteiger partial charge < -0.3 is 15.5 Å². The molecule has 0 bridgehead atoms. The molecule has 2 aliphatic rings. The lowest BCUT2D eigenvalue weighted by atomic mass is 10.1. The molecule has 0 aromatic rings. The second kappa shape index (κ2) is 5.99. The topological polar surface area (TPSA) is 32.5 Å². The van der Waals surface area contributed by atoms with Crippen LogP contribution in [0.25, 0.3) is 0 Å². The summed E-state index contributed by atoms with van der Waals surface area (Å²) in [7, 11) is 0. The van der Waals surface area contributed by atoms with Crippen LogP contribution in [-0.2, 0) is 0 Å². The number of rotatable bonds is 5. The van der Waals surface area contributed by atoms with Crippen LogP contribution in [0.1, 0.15) is 26.2 Å². The SMILES string of the molecule is CC(CN1CCCC1)CN1CCC(CN)C1. The van der Waals surface area contributed by atoms with Crippen LogP contribution in [0.15, 0.2) is 0 Å². The van der Waals surface area contributed by atoms with E-state index >= 15 is 0 Å². The normalized spacial score (nSPS) is 30.0. The molecule has 2 rings (SSSR count). The Labute approximate surface area is 100.0 Å². The summed E-state index contributed by atoms with van der Waals surface area (Å²) in [5, 5.41) is 0. The van der Waals surface area contributed by atoms with E-state index < -0.39 is 0 Å². The van der Waals surface area contributed by atoms with Gasteiger partial charge in [0.15, 0.2) is 0 Å². The van der Waals surface area contributed by atoms with E-state index in [9.17, 15) is 0 Å². The van der Waals surface area contributed by atoms with Crippen molar-refractivity contribution in [2.45, 2.75) is 26.2 Å². The summed E-state index contributed by atoms with van der Waals surface area (Å²) < 4.78 is 0. The fourth-order valence-corrected chi connectivity index (χ4v) is 3.18. The van der Waals surface area contributed by atoms with Gasteiger partial charge in [-0.2, -0.15) is 0 Å². The molecule has 0 aromatic carbocycles. The second-order valence-corrected chi connectivity index (χ2v) is 5.76. The first kappa shape index (κ1) is 12.3. The minimum Gasteiger partial charge on any atom is -0.330 e. The van der Waals surface area contributed by atoms with Crippen molar-refractivity contribution in [1.82, 2.24) is 9.80 Å². The highest BCUT2D eigenvalue weighted by atomic mass is 15.2. The number of hydrogen-bond acceptors (Lipinski definition) is 3. The van der Waals surface area contributed by atoms with Gasteiger partial charge in [0.2, 0.25) is 0 Å². The van der Waals surface area contributed by atoms with Gasteiger partial charge in [-0.05, 0) is 57.3 Å². The molecule has 2 atom stereocenters. The molecule has 94 valence electrons. The molecule has 16 heavy (non-hydrogen) atoms. The van der Waals surface area contributed by atoms with Gasteiger partial charge in [0, 0.05) is 19.6 Å². The monoisotopic (exact) mass is 225 g/mol. The standard InChI is InChI=1S/C13H27N3/c1-12(9-15-5-2-3-6-15)10-16-7-4-13(8-14)11-16/h12-13H,2-11,14H2,1H3. The van der Waals surface area contributed by atoms with Crippen LogP contribution in [0.4, 0.5) is 0 Å². The summed E-state index contributed by atoms with van der Waals surface area (Å²) in [5.74, 6) is 1.58. The summed E-state index contributed by atoms with van der Waals surface area (Å²) in [6.45, 7) is 11.0. The molecular weight excluding hydrogens is 198 g/mol. The van der Waals surface area contributed by atoms with E-state index in [0.717, 1.165) is 18.4 Å². The average molecular weight is 225 g/mol. The molecule has 2 saturated heterocycles. The first-order valence-corrected chi connectivity index (χ1v) is 6.92. The van der Waals surface area contributed by atoms with Crippen LogP contribution in [0, 0.1) is 11.8 Å². The van der Waals surface area contributed by atoms with Crippen molar-refractivity contribution in [3.8, 4) is 0 Å². The van der Waals surface area contributed by atoms with Crippen molar-refractivity contribution >= 4 is 0 Å². The van der Waals surface area contributed by atoms with Crippen molar-refractivity contribution in [3.05, 3.63) is 0 Å². The van der Waals surface area contributed by atoms with Gasteiger partial charge in [0.1, 0.15) is 0 Å². The summed E-state index contributed by atoms with van der Waals surface area (Å²) in [4.78, 5) is 5.24. The molecule has 0 amide bonds. The minimum absolute atomic E-state index is 0.763. The van der Waals surface area contributed by atoms with Gasteiger partial charge >= 0.3 is 0 Å². The zero-order valence-corrected chi connectivity index (χ0v) is 10.7. The summed E-state index contributed by atoms with van der Waals surface area (Å²) in [6.07, 6.45) is 4.13. The van der Waals surface area contributed by atoms with Gasteiger partial charge in [-0.3, -0.25) is 0 Å². The lowest BCUT2D eigenvalue weighted by Gasteiger charge is -2.24. The molecule has 2 heterocycles. The Morgan fingerprint density at radius 2 is 1.81 bits per heavy atom. The zero-order chi connectivity index (χ0) is 11.4. The fraction of sp³-hybridized carbons (Fsp3) is 1.00. The Morgan fingerprint density at radius 3 is 2.44 bits per heavy atom. The molecule has 3 nitrogen and oxygen atoms in total. The van der Waals surface area contributed by atoms with E-state index in [4.69, 9.17) is 5.73 Å². The maximum absolute atomic E-state index is 5.72. The second-order valence-electron chi connectivity index (χ2n) is 5.76. The third kappa shape index (κ3) is 3.44. The highest BCUT2D eigenvalue weighted by Crippen LogP contribution is 2.17. The molecule has 0 aromatic heterocycles. The molecule has 0 saturated carbocycles. The number of hydrogen-bond donors (Lipinski definition) is 1. The molecule has 3 heteroatoms. The summed E-state index contributed by atoms with van der Waals surface area (Å²) >= 11 is 0. The third-order valence-corrected chi connectivity index (χ3v) is 4.04. The van der Waals surface area contributed by atoms with Gasteiger partial charge in [0.05, 0.1) is 0 Å². The summed E-state index contributed by atoms with van der Waals surface area (Å²) in [5.41, 5.74) is 5.72. The van der Waals surface area contributed by atoms with E-state index in [2.05, 4.69) is 16.7 Å². The molecule has 2 fully saturated rings. The van der Waals surface area contributed by atoms with E-state index in [-0.39, 0.29) is 0 Å². The smallest absolute Gasteiger partial charge is 0.00223 e. The lowest BCUT2D eigenvalue weighted by molar-refractivity contribution is 0.222. The van der Waals surface area contributed by atoms with Crippen LogP contribution in [0.5, 0.6) is 0 Å². The van der Waals surface area contributed by atoms with Gasteiger partial charge in [0.25, 0.3) is 0 Å². The number of likely N-dealkylation sites (tertiary alicyclic amines) is 2. The van der Waals surface area contributed by atoms with E-state index in [1.165, 1.54) is 58.5 Å². The molecule has 0 radical (unpaired) electrons. The molecule has 0 aliphatic carbocycles. The Morgan fingerprint density at radius 1 is 1.12 bits per heavy atom. The van der Waals surface area contributed by atoms with Gasteiger partial charge in [-0.15, -0.1) is 0 Å². The molecule has 0 spiro atoms. The van der Waals surface area contributed by atoms with Crippen molar-refractivity contribution in [1.29, 1.82) is 0 Å². The minimum atomic E-state index is 0.763. The third-order valence-electron chi connectivity index (χ3n) is 4.04. The van der Waals surface area contributed by atoms with Crippen molar-refractivity contribution < 1.29 is 0 Å². The molecule has 2 aliphatic heterocycles. The maximum atomic E-state index is 5.72. The molecule has 2 N–H and O–H groups in total. The van der Waals surface area contributed by atoms with Crippen LogP contribution in [0.2, 0.25) is 0 Å². The van der Waals surface area contributed by atoms with Crippen molar-refractivity contribution in [2.24, 2.45) is 17.6 Å². The van der Waals surface area contributed by atoms with Crippen LogP contribution >= 0.6 is 0 Å².